The van der Waals surface area contributed by atoms with Crippen LogP contribution in [0.4, 0.5) is 0 Å². The van der Waals surface area contributed by atoms with Crippen LogP contribution in [0.5, 0.6) is 5.75 Å². The Bertz CT molecular complexity index is 434. The zero-order chi connectivity index (χ0) is 9.97. The molecule has 2 rings (SSSR count). The number of benzene rings is 1. The minimum atomic E-state index is 0.669. The number of ether oxygens (including phenoxy) is 1. The molecule has 0 bridgehead atoms. The maximum Gasteiger partial charge on any atom is 0.191 e. The zero-order valence-electron chi connectivity index (χ0n) is 8.15. The number of aryl methyl sites for hydroxylation is 1. The molecule has 0 aliphatic carbocycles. The van der Waals surface area contributed by atoms with Crippen LogP contribution in [0.15, 0.2) is 34.9 Å². The zero-order valence-corrected chi connectivity index (χ0v) is 8.15. The molecule has 3 nitrogen and oxygen atoms in total. The summed E-state index contributed by atoms with van der Waals surface area (Å²) in [4.78, 5) is 4.04. The summed E-state index contributed by atoms with van der Waals surface area (Å²) in [5.74, 6) is 2.25. The predicted octanol–water partition coefficient (Wildman–Crippen LogP) is 2.66. The molecule has 1 heterocycles. The smallest absolute Gasteiger partial charge is 0.191 e. The Balaban J connectivity index is 2.41. The number of nitrogens with zero attached hydrogens (tertiary/aromatic N) is 1. The first-order valence-electron chi connectivity index (χ1n) is 4.36. The third kappa shape index (κ3) is 1.62. The second-order valence-corrected chi connectivity index (χ2v) is 2.98. The van der Waals surface area contributed by atoms with Crippen LogP contribution < -0.4 is 4.74 Å². The summed E-state index contributed by atoms with van der Waals surface area (Å²) in [5, 5.41) is 0. The Morgan fingerprint density at radius 1 is 1.36 bits per heavy atom. The summed E-state index contributed by atoms with van der Waals surface area (Å²) >= 11 is 0. The maximum absolute atomic E-state index is 5.40. The lowest BCUT2D eigenvalue weighted by molar-refractivity contribution is 0.414. The molecule has 3 heteroatoms. The van der Waals surface area contributed by atoms with Gasteiger partial charge in [-0.25, -0.2) is 4.98 Å². The van der Waals surface area contributed by atoms with Gasteiger partial charge in [-0.3, -0.25) is 0 Å². The quantitative estimate of drug-likeness (QED) is 0.728. The fourth-order valence-corrected chi connectivity index (χ4v) is 1.27. The van der Waals surface area contributed by atoms with Crippen molar-refractivity contribution in [2.45, 2.75) is 6.92 Å². The van der Waals surface area contributed by atoms with Crippen molar-refractivity contribution in [3.8, 4) is 17.1 Å². The first kappa shape index (κ1) is 8.81. The molecule has 0 aliphatic rings. The van der Waals surface area contributed by atoms with Crippen molar-refractivity contribution in [3.63, 3.8) is 0 Å². The van der Waals surface area contributed by atoms with Crippen LogP contribution in [0.3, 0.4) is 0 Å². The van der Waals surface area contributed by atoms with Crippen molar-refractivity contribution in [1.29, 1.82) is 0 Å². The third-order valence-electron chi connectivity index (χ3n) is 1.98. The highest BCUT2D eigenvalue weighted by atomic mass is 16.5. The molecular formula is C11H11NO2. The van der Waals surface area contributed by atoms with Gasteiger partial charge in [0.15, 0.2) is 11.7 Å². The van der Waals surface area contributed by atoms with Crippen LogP contribution in [-0.4, -0.2) is 12.1 Å². The minimum Gasteiger partial charge on any atom is -0.497 e. The number of oxazole rings is 1. The van der Waals surface area contributed by atoms with Crippen LogP contribution in [0, 0.1) is 6.92 Å². The lowest BCUT2D eigenvalue weighted by atomic mass is 10.2. The average molecular weight is 189 g/mol. The Morgan fingerprint density at radius 3 is 2.86 bits per heavy atom. The van der Waals surface area contributed by atoms with Gasteiger partial charge in [-0.2, -0.15) is 0 Å². The molecule has 72 valence electrons. The second-order valence-electron chi connectivity index (χ2n) is 2.98. The van der Waals surface area contributed by atoms with Crippen LogP contribution in [0.2, 0.25) is 0 Å². The maximum atomic E-state index is 5.40. The third-order valence-corrected chi connectivity index (χ3v) is 1.98. The molecule has 0 fully saturated rings. The summed E-state index contributed by atoms with van der Waals surface area (Å²) in [7, 11) is 1.64. The van der Waals surface area contributed by atoms with Crippen LogP contribution in [0.1, 0.15) is 5.89 Å². The van der Waals surface area contributed by atoms with Gasteiger partial charge in [0.05, 0.1) is 13.3 Å². The van der Waals surface area contributed by atoms with Gasteiger partial charge in [-0.05, 0) is 12.1 Å². The fraction of sp³-hybridized carbons (Fsp3) is 0.182. The number of hydrogen-bond acceptors (Lipinski definition) is 3. The second kappa shape index (κ2) is 3.54. The van der Waals surface area contributed by atoms with Gasteiger partial charge in [0, 0.05) is 12.5 Å². The molecule has 0 saturated heterocycles. The lowest BCUT2D eigenvalue weighted by Gasteiger charge is -2.00. The number of rotatable bonds is 2. The SMILES string of the molecule is COc1cccc(-c2cnc(C)o2)c1. The summed E-state index contributed by atoms with van der Waals surface area (Å²) in [6, 6.07) is 7.70. The summed E-state index contributed by atoms with van der Waals surface area (Å²) in [6.45, 7) is 1.82. The van der Waals surface area contributed by atoms with Gasteiger partial charge < -0.3 is 9.15 Å². The molecule has 0 unspecified atom stereocenters. The monoisotopic (exact) mass is 189 g/mol. The van der Waals surface area contributed by atoms with Crippen molar-refractivity contribution in [2.75, 3.05) is 7.11 Å². The van der Waals surface area contributed by atoms with E-state index in [4.69, 9.17) is 9.15 Å². The standard InChI is InChI=1S/C11H11NO2/c1-8-12-7-11(14-8)9-4-3-5-10(6-9)13-2/h3-7H,1-2H3. The van der Waals surface area contributed by atoms with Crippen molar-refractivity contribution in [3.05, 3.63) is 36.4 Å². The first-order valence-corrected chi connectivity index (χ1v) is 4.36. The highest BCUT2D eigenvalue weighted by molar-refractivity contribution is 5.58. The molecule has 0 N–H and O–H groups in total. The number of hydrogen-bond donors (Lipinski definition) is 0. The van der Waals surface area contributed by atoms with Gasteiger partial charge in [-0.1, -0.05) is 12.1 Å². The number of aromatic nitrogens is 1. The molecule has 0 saturated carbocycles. The topological polar surface area (TPSA) is 35.3 Å². The molecule has 0 radical (unpaired) electrons. The molecule has 1 aromatic carbocycles. The summed E-state index contributed by atoms with van der Waals surface area (Å²) in [6.07, 6.45) is 1.71. The van der Waals surface area contributed by atoms with E-state index in [1.54, 1.807) is 13.3 Å². The molecule has 14 heavy (non-hydrogen) atoms. The summed E-state index contributed by atoms with van der Waals surface area (Å²) < 4.78 is 10.5. The van der Waals surface area contributed by atoms with Gasteiger partial charge in [0.2, 0.25) is 0 Å². The molecule has 0 aliphatic heterocycles. The largest absolute Gasteiger partial charge is 0.497 e. The molecular weight excluding hydrogens is 178 g/mol. The molecule has 0 amide bonds. The lowest BCUT2D eigenvalue weighted by Crippen LogP contribution is -1.82. The Morgan fingerprint density at radius 2 is 2.21 bits per heavy atom. The van der Waals surface area contributed by atoms with Crippen molar-refractivity contribution in [2.24, 2.45) is 0 Å². The average Bonchev–Trinajstić information content (AvgIpc) is 2.65. The highest BCUT2D eigenvalue weighted by Crippen LogP contribution is 2.23. The minimum absolute atomic E-state index is 0.669. The first-order chi connectivity index (χ1) is 6.79. The van der Waals surface area contributed by atoms with E-state index in [0.29, 0.717) is 5.89 Å². The van der Waals surface area contributed by atoms with E-state index in [9.17, 15) is 0 Å². The van der Waals surface area contributed by atoms with Gasteiger partial charge in [0.1, 0.15) is 5.75 Å². The number of methoxy groups -OCH3 is 1. The van der Waals surface area contributed by atoms with E-state index >= 15 is 0 Å². The van der Waals surface area contributed by atoms with Gasteiger partial charge >= 0.3 is 0 Å². The van der Waals surface area contributed by atoms with E-state index in [1.807, 2.05) is 31.2 Å². The van der Waals surface area contributed by atoms with Crippen molar-refractivity contribution >= 4 is 0 Å². The van der Waals surface area contributed by atoms with Crippen molar-refractivity contribution in [1.82, 2.24) is 4.98 Å². The van der Waals surface area contributed by atoms with Gasteiger partial charge in [-0.15, -0.1) is 0 Å². The van der Waals surface area contributed by atoms with Gasteiger partial charge in [0.25, 0.3) is 0 Å². The summed E-state index contributed by atoms with van der Waals surface area (Å²) in [5.41, 5.74) is 0.977. The molecule has 1 aromatic heterocycles. The van der Waals surface area contributed by atoms with Crippen LogP contribution in [-0.2, 0) is 0 Å². The molecule has 2 aromatic rings. The predicted molar refractivity (Wildman–Crippen MR) is 53.2 cm³/mol. The Kier molecular flexibility index (Phi) is 2.23. The highest BCUT2D eigenvalue weighted by Gasteiger charge is 2.03. The van der Waals surface area contributed by atoms with E-state index in [0.717, 1.165) is 17.1 Å². The Labute approximate surface area is 82.3 Å². The Hall–Kier alpha value is -1.77. The van der Waals surface area contributed by atoms with E-state index in [2.05, 4.69) is 4.98 Å². The molecule has 0 atom stereocenters. The fourth-order valence-electron chi connectivity index (χ4n) is 1.27. The van der Waals surface area contributed by atoms with E-state index < -0.39 is 0 Å². The van der Waals surface area contributed by atoms with E-state index in [1.165, 1.54) is 0 Å². The normalized spacial score (nSPS) is 10.1. The van der Waals surface area contributed by atoms with E-state index in [-0.39, 0.29) is 0 Å². The molecule has 0 spiro atoms. The van der Waals surface area contributed by atoms with Crippen LogP contribution >= 0.6 is 0 Å². The van der Waals surface area contributed by atoms with Crippen molar-refractivity contribution < 1.29 is 9.15 Å². The van der Waals surface area contributed by atoms with Crippen LogP contribution in [0.25, 0.3) is 11.3 Å².